The summed E-state index contributed by atoms with van der Waals surface area (Å²) >= 11 is 0. The number of nitrogens with zero attached hydrogens (tertiary/aromatic N) is 1. The van der Waals surface area contributed by atoms with Gasteiger partial charge >= 0.3 is 0 Å². The zero-order valence-electron chi connectivity index (χ0n) is 15.8. The highest BCUT2D eigenvalue weighted by Crippen LogP contribution is 2.29. The first-order valence-electron chi connectivity index (χ1n) is 8.88. The van der Waals surface area contributed by atoms with Crippen molar-refractivity contribution in [1.82, 2.24) is 9.71 Å². The van der Waals surface area contributed by atoms with Crippen LogP contribution in [0.3, 0.4) is 0 Å². The van der Waals surface area contributed by atoms with Crippen molar-refractivity contribution in [3.05, 3.63) is 59.9 Å². The molecule has 0 saturated carbocycles. The van der Waals surface area contributed by atoms with Gasteiger partial charge in [-0.05, 0) is 41.7 Å². The van der Waals surface area contributed by atoms with Crippen molar-refractivity contribution < 1.29 is 16.8 Å². The summed E-state index contributed by atoms with van der Waals surface area (Å²) in [6.45, 7) is 5.59. The van der Waals surface area contributed by atoms with Crippen LogP contribution < -0.4 is 4.72 Å². The molecule has 0 aliphatic carbocycles. The van der Waals surface area contributed by atoms with Crippen LogP contribution in [0.25, 0.3) is 0 Å². The van der Waals surface area contributed by atoms with Gasteiger partial charge in [0.25, 0.3) is 0 Å². The smallest absolute Gasteiger partial charge is 0.211 e. The van der Waals surface area contributed by atoms with Crippen LogP contribution in [-0.4, -0.2) is 34.1 Å². The number of benzene rings is 1. The van der Waals surface area contributed by atoms with E-state index in [1.807, 2.05) is 13.8 Å². The molecule has 0 bridgehead atoms. The Morgan fingerprint density at radius 2 is 1.67 bits per heavy atom. The van der Waals surface area contributed by atoms with Crippen molar-refractivity contribution in [2.24, 2.45) is 0 Å². The van der Waals surface area contributed by atoms with Crippen LogP contribution in [0.4, 0.5) is 0 Å². The standard InChI is InChI=1S/C19H26N2O4S2/c1-4-12-26(22,23)21-14-19(17-6-5-11-20-13-17)27(24,25)18-9-7-16(8-10-18)15(2)3/h5-11,13,15,19,21H,4,12,14H2,1-3H3/t19-/m0/s1. The third kappa shape index (κ3) is 5.60. The van der Waals surface area contributed by atoms with E-state index in [9.17, 15) is 16.8 Å². The Hall–Kier alpha value is -1.77. The van der Waals surface area contributed by atoms with Crippen LogP contribution >= 0.6 is 0 Å². The maximum absolute atomic E-state index is 13.2. The second-order valence-electron chi connectivity index (χ2n) is 6.71. The Morgan fingerprint density at radius 3 is 2.19 bits per heavy atom. The number of nitrogens with one attached hydrogen (secondary N) is 1. The molecule has 1 atom stereocenters. The molecule has 0 radical (unpaired) electrons. The Kier molecular flexibility index (Phi) is 7.13. The fourth-order valence-corrected chi connectivity index (χ4v) is 5.58. The second kappa shape index (κ2) is 8.95. The van der Waals surface area contributed by atoms with Crippen LogP contribution in [-0.2, 0) is 19.9 Å². The van der Waals surface area contributed by atoms with Gasteiger partial charge in [0.05, 0.1) is 10.6 Å². The summed E-state index contributed by atoms with van der Waals surface area (Å²) in [5, 5.41) is -1.05. The summed E-state index contributed by atoms with van der Waals surface area (Å²) < 4.78 is 52.9. The second-order valence-corrected chi connectivity index (χ2v) is 10.8. The summed E-state index contributed by atoms with van der Waals surface area (Å²) in [7, 11) is -7.33. The first kappa shape index (κ1) is 21.5. The van der Waals surface area contributed by atoms with Crippen molar-refractivity contribution in [2.75, 3.05) is 12.3 Å². The Labute approximate surface area is 162 Å². The number of aromatic nitrogens is 1. The summed E-state index contributed by atoms with van der Waals surface area (Å²) in [4.78, 5) is 4.15. The number of hydrogen-bond donors (Lipinski definition) is 1. The summed E-state index contributed by atoms with van der Waals surface area (Å²) in [5.74, 6) is 0.243. The zero-order valence-corrected chi connectivity index (χ0v) is 17.4. The Morgan fingerprint density at radius 1 is 1.00 bits per heavy atom. The number of hydrogen-bond acceptors (Lipinski definition) is 5. The predicted octanol–water partition coefficient (Wildman–Crippen LogP) is 3.05. The third-order valence-electron chi connectivity index (χ3n) is 4.27. The molecular formula is C19H26N2O4S2. The molecule has 0 unspecified atom stereocenters. The summed E-state index contributed by atoms with van der Waals surface area (Å²) in [6.07, 6.45) is 3.46. The first-order chi connectivity index (χ1) is 12.7. The first-order valence-corrected chi connectivity index (χ1v) is 12.1. The monoisotopic (exact) mass is 410 g/mol. The number of rotatable bonds is 9. The lowest BCUT2D eigenvalue weighted by atomic mass is 10.0. The molecule has 27 heavy (non-hydrogen) atoms. The van der Waals surface area contributed by atoms with Gasteiger partial charge in [-0.1, -0.05) is 39.0 Å². The van der Waals surface area contributed by atoms with Crippen molar-refractivity contribution >= 4 is 19.9 Å². The number of pyridine rings is 1. The van der Waals surface area contributed by atoms with Gasteiger partial charge in [0, 0.05) is 18.9 Å². The minimum atomic E-state index is -3.80. The lowest BCUT2D eigenvalue weighted by Crippen LogP contribution is -2.33. The van der Waals surface area contributed by atoms with E-state index in [1.54, 1.807) is 49.5 Å². The van der Waals surface area contributed by atoms with Crippen molar-refractivity contribution in [3.63, 3.8) is 0 Å². The summed E-state index contributed by atoms with van der Waals surface area (Å²) in [6, 6.07) is 10.0. The average Bonchev–Trinajstić information content (AvgIpc) is 2.62. The van der Waals surface area contributed by atoms with Gasteiger partial charge in [0.2, 0.25) is 10.0 Å². The van der Waals surface area contributed by atoms with E-state index < -0.39 is 25.1 Å². The number of sulfonamides is 1. The highest BCUT2D eigenvalue weighted by atomic mass is 32.2. The molecule has 148 valence electrons. The molecule has 8 heteroatoms. The van der Waals surface area contributed by atoms with E-state index in [2.05, 4.69) is 9.71 Å². The van der Waals surface area contributed by atoms with Crippen LogP contribution in [0, 0.1) is 0 Å². The SMILES string of the molecule is CCCS(=O)(=O)NC[C@@H](c1cccnc1)S(=O)(=O)c1ccc(C(C)C)cc1. The summed E-state index contributed by atoms with van der Waals surface area (Å²) in [5.41, 5.74) is 1.49. The predicted molar refractivity (Wildman–Crippen MR) is 107 cm³/mol. The minimum Gasteiger partial charge on any atom is -0.264 e. The molecule has 0 aliphatic heterocycles. The Balaban J connectivity index is 2.39. The normalized spacial score (nSPS) is 13.6. The quantitative estimate of drug-likeness (QED) is 0.686. The third-order valence-corrected chi connectivity index (χ3v) is 7.94. The molecule has 0 amide bonds. The largest absolute Gasteiger partial charge is 0.264 e. The number of sulfone groups is 1. The highest BCUT2D eigenvalue weighted by molar-refractivity contribution is 7.92. The molecule has 0 saturated heterocycles. The lowest BCUT2D eigenvalue weighted by molar-refractivity contribution is 0.567. The van der Waals surface area contributed by atoms with E-state index in [4.69, 9.17) is 0 Å². The molecule has 2 aromatic rings. The topological polar surface area (TPSA) is 93.2 Å². The molecule has 1 N–H and O–H groups in total. The van der Waals surface area contributed by atoms with Crippen molar-refractivity contribution in [3.8, 4) is 0 Å². The van der Waals surface area contributed by atoms with Gasteiger partial charge in [-0.3, -0.25) is 4.98 Å². The maximum Gasteiger partial charge on any atom is 0.211 e. The average molecular weight is 411 g/mol. The Bertz CT molecular complexity index is 939. The minimum absolute atomic E-state index is 0.0457. The van der Waals surface area contributed by atoms with Gasteiger partial charge in [-0.15, -0.1) is 0 Å². The van der Waals surface area contributed by atoms with Crippen LogP contribution in [0.15, 0.2) is 53.7 Å². The van der Waals surface area contributed by atoms with E-state index in [-0.39, 0.29) is 23.1 Å². The van der Waals surface area contributed by atoms with E-state index >= 15 is 0 Å². The molecular weight excluding hydrogens is 384 g/mol. The van der Waals surface area contributed by atoms with Crippen molar-refractivity contribution in [1.29, 1.82) is 0 Å². The maximum atomic E-state index is 13.2. The molecule has 0 fully saturated rings. The fourth-order valence-electron chi connectivity index (χ4n) is 2.72. The lowest BCUT2D eigenvalue weighted by Gasteiger charge is -2.19. The molecule has 1 heterocycles. The van der Waals surface area contributed by atoms with Crippen LogP contribution in [0.2, 0.25) is 0 Å². The fraction of sp³-hybridized carbons (Fsp3) is 0.421. The molecule has 0 aliphatic rings. The van der Waals surface area contributed by atoms with Crippen LogP contribution in [0.5, 0.6) is 0 Å². The van der Waals surface area contributed by atoms with Gasteiger partial charge < -0.3 is 0 Å². The molecule has 1 aromatic heterocycles. The van der Waals surface area contributed by atoms with Gasteiger partial charge in [0.15, 0.2) is 9.84 Å². The van der Waals surface area contributed by atoms with Gasteiger partial charge in [-0.2, -0.15) is 0 Å². The van der Waals surface area contributed by atoms with Gasteiger partial charge in [-0.25, -0.2) is 21.6 Å². The highest BCUT2D eigenvalue weighted by Gasteiger charge is 2.30. The van der Waals surface area contributed by atoms with Crippen molar-refractivity contribution in [2.45, 2.75) is 43.3 Å². The van der Waals surface area contributed by atoms with E-state index in [0.717, 1.165) is 5.56 Å². The molecule has 6 nitrogen and oxygen atoms in total. The van der Waals surface area contributed by atoms with E-state index in [0.29, 0.717) is 12.0 Å². The molecule has 0 spiro atoms. The van der Waals surface area contributed by atoms with Crippen LogP contribution in [0.1, 0.15) is 49.5 Å². The van der Waals surface area contributed by atoms with E-state index in [1.165, 1.54) is 6.20 Å². The van der Waals surface area contributed by atoms with Gasteiger partial charge in [0.1, 0.15) is 5.25 Å². The zero-order chi connectivity index (χ0) is 20.1. The molecule has 1 aromatic carbocycles. The molecule has 2 rings (SSSR count).